The van der Waals surface area contributed by atoms with E-state index in [9.17, 15) is 14.7 Å². The molecule has 33 heavy (non-hydrogen) atoms. The Hall–Kier alpha value is -4.13. The Bertz CT molecular complexity index is 1170. The zero-order chi connectivity index (χ0) is 23.4. The molecule has 1 N–H and O–H groups in total. The molecule has 7 heteroatoms. The number of ketones is 1. The van der Waals surface area contributed by atoms with Gasteiger partial charge in [0.1, 0.15) is 17.3 Å². The number of carbonyl (C=O) groups is 2. The topological polar surface area (TPSA) is 89.0 Å². The molecular formula is C26H24N2O5. The highest BCUT2D eigenvalue weighted by Gasteiger charge is 2.46. The maximum atomic E-state index is 13.1. The second-order valence-corrected chi connectivity index (χ2v) is 7.52. The van der Waals surface area contributed by atoms with Gasteiger partial charge in [-0.2, -0.15) is 0 Å². The first-order valence-corrected chi connectivity index (χ1v) is 10.6. The van der Waals surface area contributed by atoms with E-state index in [1.54, 1.807) is 74.1 Å². The Morgan fingerprint density at radius 2 is 1.73 bits per heavy atom. The van der Waals surface area contributed by atoms with Gasteiger partial charge in [0, 0.05) is 24.5 Å². The van der Waals surface area contributed by atoms with Crippen LogP contribution >= 0.6 is 0 Å². The number of aromatic nitrogens is 1. The van der Waals surface area contributed by atoms with Gasteiger partial charge in [0.05, 0.1) is 25.3 Å². The first-order chi connectivity index (χ1) is 16.0. The van der Waals surface area contributed by atoms with E-state index < -0.39 is 17.7 Å². The van der Waals surface area contributed by atoms with E-state index in [1.165, 1.54) is 4.90 Å². The van der Waals surface area contributed by atoms with Gasteiger partial charge < -0.3 is 19.5 Å². The van der Waals surface area contributed by atoms with E-state index in [2.05, 4.69) is 4.98 Å². The van der Waals surface area contributed by atoms with Crippen LogP contribution in [-0.4, -0.2) is 40.4 Å². The first-order valence-electron chi connectivity index (χ1n) is 10.6. The Balaban J connectivity index is 1.81. The number of hydrogen-bond acceptors (Lipinski definition) is 6. The smallest absolute Gasteiger partial charge is 0.295 e. The number of carbonyl (C=O) groups excluding carboxylic acids is 2. The number of ether oxygens (including phenoxy) is 2. The minimum absolute atomic E-state index is 0.0400. The van der Waals surface area contributed by atoms with Crippen LogP contribution in [-0.2, 0) is 16.1 Å². The predicted octanol–water partition coefficient (Wildman–Crippen LogP) is 4.11. The van der Waals surface area contributed by atoms with Crippen LogP contribution in [0, 0.1) is 0 Å². The standard InChI is InChI=1S/C26H24N2O5/c1-3-33-21-12-6-18(7-13-21)23-22(24(29)19-8-10-20(32-2)11-9-19)25(30)26(31)28(23)16-17-5-4-14-27-15-17/h4-15,23,29H,3,16H2,1-2H3. The Kier molecular flexibility index (Phi) is 6.40. The van der Waals surface area contributed by atoms with Crippen LogP contribution in [0.4, 0.5) is 0 Å². The molecule has 168 valence electrons. The highest BCUT2D eigenvalue weighted by atomic mass is 16.5. The third-order valence-electron chi connectivity index (χ3n) is 5.49. The van der Waals surface area contributed by atoms with E-state index in [1.807, 2.05) is 13.0 Å². The largest absolute Gasteiger partial charge is 0.507 e. The molecule has 2 aromatic carbocycles. The van der Waals surface area contributed by atoms with Crippen LogP contribution in [0.3, 0.4) is 0 Å². The van der Waals surface area contributed by atoms with Crippen molar-refractivity contribution in [1.82, 2.24) is 9.88 Å². The third kappa shape index (κ3) is 4.43. The number of methoxy groups -OCH3 is 1. The number of pyridine rings is 1. The van der Waals surface area contributed by atoms with Gasteiger partial charge in [-0.25, -0.2) is 0 Å². The van der Waals surface area contributed by atoms with Crippen molar-refractivity contribution in [3.05, 3.63) is 95.3 Å². The maximum absolute atomic E-state index is 13.1. The summed E-state index contributed by atoms with van der Waals surface area (Å²) in [5.41, 5.74) is 1.93. The first kappa shape index (κ1) is 22.1. The zero-order valence-electron chi connectivity index (χ0n) is 18.4. The number of amides is 1. The number of rotatable bonds is 7. The number of nitrogens with zero attached hydrogens (tertiary/aromatic N) is 2. The fourth-order valence-electron chi connectivity index (χ4n) is 3.90. The van der Waals surface area contributed by atoms with Crippen molar-refractivity contribution in [2.45, 2.75) is 19.5 Å². The summed E-state index contributed by atoms with van der Waals surface area (Å²) in [6.07, 6.45) is 3.29. The molecule has 1 aliphatic heterocycles. The average Bonchev–Trinajstić information content (AvgIpc) is 3.10. The van der Waals surface area contributed by atoms with Crippen molar-refractivity contribution in [3.8, 4) is 11.5 Å². The lowest BCUT2D eigenvalue weighted by atomic mass is 9.95. The summed E-state index contributed by atoms with van der Waals surface area (Å²) in [5, 5.41) is 11.1. The summed E-state index contributed by atoms with van der Waals surface area (Å²) >= 11 is 0. The quantitative estimate of drug-likeness (QED) is 0.335. The number of hydrogen-bond donors (Lipinski definition) is 1. The number of likely N-dealkylation sites (tertiary alicyclic amines) is 1. The highest BCUT2D eigenvalue weighted by molar-refractivity contribution is 6.46. The van der Waals surface area contributed by atoms with E-state index in [4.69, 9.17) is 9.47 Å². The van der Waals surface area contributed by atoms with Gasteiger partial charge in [-0.05, 0) is 60.5 Å². The van der Waals surface area contributed by atoms with E-state index in [-0.39, 0.29) is 17.9 Å². The molecule has 0 aliphatic carbocycles. The molecule has 2 heterocycles. The van der Waals surface area contributed by atoms with Crippen molar-refractivity contribution in [1.29, 1.82) is 0 Å². The van der Waals surface area contributed by atoms with Crippen LogP contribution < -0.4 is 9.47 Å². The number of Topliss-reactive ketones (excluding diaryl/α,β-unsaturated/α-hetero) is 1. The minimum atomic E-state index is -0.761. The fraction of sp³-hybridized carbons (Fsp3) is 0.192. The van der Waals surface area contributed by atoms with Crippen LogP contribution in [0.5, 0.6) is 11.5 Å². The summed E-state index contributed by atoms with van der Waals surface area (Å²) in [5.74, 6) is -0.338. The second-order valence-electron chi connectivity index (χ2n) is 7.52. The van der Waals surface area contributed by atoms with Crippen LogP contribution in [0.15, 0.2) is 78.6 Å². The van der Waals surface area contributed by atoms with Crippen LogP contribution in [0.25, 0.3) is 5.76 Å². The molecule has 4 rings (SSSR count). The number of aliphatic hydroxyl groups excluding tert-OH is 1. The van der Waals surface area contributed by atoms with Crippen LogP contribution in [0.2, 0.25) is 0 Å². The lowest BCUT2D eigenvalue weighted by Gasteiger charge is -2.25. The summed E-state index contributed by atoms with van der Waals surface area (Å²) < 4.78 is 10.7. The molecule has 0 saturated carbocycles. The van der Waals surface area contributed by atoms with Gasteiger partial charge in [-0.15, -0.1) is 0 Å². The fourth-order valence-corrected chi connectivity index (χ4v) is 3.90. The lowest BCUT2D eigenvalue weighted by Crippen LogP contribution is -2.29. The van der Waals surface area contributed by atoms with Gasteiger partial charge in [-0.3, -0.25) is 14.6 Å². The molecule has 1 atom stereocenters. The molecule has 1 saturated heterocycles. The van der Waals surface area contributed by atoms with Crippen molar-refractivity contribution in [2.24, 2.45) is 0 Å². The number of aliphatic hydroxyl groups is 1. The Labute approximate surface area is 191 Å². The van der Waals surface area contributed by atoms with Gasteiger partial charge >= 0.3 is 0 Å². The molecule has 7 nitrogen and oxygen atoms in total. The van der Waals surface area contributed by atoms with Gasteiger partial charge in [-0.1, -0.05) is 18.2 Å². The average molecular weight is 444 g/mol. The van der Waals surface area contributed by atoms with Crippen molar-refractivity contribution in [3.63, 3.8) is 0 Å². The van der Waals surface area contributed by atoms with Crippen molar-refractivity contribution in [2.75, 3.05) is 13.7 Å². The molecule has 1 aliphatic rings. The third-order valence-corrected chi connectivity index (χ3v) is 5.49. The van der Waals surface area contributed by atoms with Gasteiger partial charge in [0.2, 0.25) is 0 Å². The molecule has 3 aromatic rings. The maximum Gasteiger partial charge on any atom is 0.295 e. The second kappa shape index (κ2) is 9.56. The molecule has 1 aromatic heterocycles. The van der Waals surface area contributed by atoms with Crippen LogP contribution in [0.1, 0.15) is 29.7 Å². The Morgan fingerprint density at radius 1 is 1.03 bits per heavy atom. The highest BCUT2D eigenvalue weighted by Crippen LogP contribution is 2.40. The molecule has 1 fully saturated rings. The van der Waals surface area contributed by atoms with E-state index >= 15 is 0 Å². The molecular weight excluding hydrogens is 420 g/mol. The van der Waals surface area contributed by atoms with E-state index in [0.29, 0.717) is 29.2 Å². The number of benzene rings is 2. The molecule has 0 bridgehead atoms. The van der Waals surface area contributed by atoms with Crippen molar-refractivity contribution >= 4 is 17.4 Å². The summed E-state index contributed by atoms with van der Waals surface area (Å²) in [6.45, 7) is 2.59. The molecule has 0 radical (unpaired) electrons. The van der Waals surface area contributed by atoms with Gasteiger partial charge in [0.15, 0.2) is 0 Å². The summed E-state index contributed by atoms with van der Waals surface area (Å²) in [6, 6.07) is 16.7. The normalized spacial score (nSPS) is 17.3. The SMILES string of the molecule is CCOc1ccc(C2C(=C(O)c3ccc(OC)cc3)C(=O)C(=O)N2Cc2cccnc2)cc1. The Morgan fingerprint density at radius 3 is 2.33 bits per heavy atom. The van der Waals surface area contributed by atoms with E-state index in [0.717, 1.165) is 5.56 Å². The molecule has 1 amide bonds. The summed E-state index contributed by atoms with van der Waals surface area (Å²) in [7, 11) is 1.55. The predicted molar refractivity (Wildman–Crippen MR) is 123 cm³/mol. The van der Waals surface area contributed by atoms with Gasteiger partial charge in [0.25, 0.3) is 11.7 Å². The summed E-state index contributed by atoms with van der Waals surface area (Å²) in [4.78, 5) is 31.8. The molecule has 0 spiro atoms. The zero-order valence-corrected chi connectivity index (χ0v) is 18.4. The lowest BCUT2D eigenvalue weighted by molar-refractivity contribution is -0.140. The minimum Gasteiger partial charge on any atom is -0.507 e. The monoisotopic (exact) mass is 444 g/mol. The molecule has 1 unspecified atom stereocenters. The van der Waals surface area contributed by atoms with Crippen molar-refractivity contribution < 1.29 is 24.2 Å².